The molecule has 5 atom stereocenters. The number of nitrogens with zero attached hydrogens (tertiary/aromatic N) is 4. The maximum atomic E-state index is 10.7. The highest BCUT2D eigenvalue weighted by molar-refractivity contribution is 7.21. The van der Waals surface area contributed by atoms with Gasteiger partial charge in [0.05, 0.1) is 33.8 Å². The van der Waals surface area contributed by atoms with Gasteiger partial charge in [0.15, 0.2) is 0 Å². The Morgan fingerprint density at radius 3 is 2.54 bits per heavy atom. The number of thiazole rings is 1. The van der Waals surface area contributed by atoms with E-state index in [-0.39, 0.29) is 18.6 Å². The third-order valence-corrected chi connectivity index (χ3v) is 8.65. The van der Waals surface area contributed by atoms with Crippen LogP contribution in [0.25, 0.3) is 20.8 Å². The van der Waals surface area contributed by atoms with Crippen molar-refractivity contribution in [2.24, 2.45) is 11.8 Å². The van der Waals surface area contributed by atoms with Crippen molar-refractivity contribution in [3.05, 3.63) is 23.7 Å². The first kappa shape index (κ1) is 24.3. The van der Waals surface area contributed by atoms with Crippen molar-refractivity contribution in [1.82, 2.24) is 19.9 Å². The molecule has 2 saturated carbocycles. The molecule has 3 aromatic rings. The van der Waals surface area contributed by atoms with E-state index in [9.17, 15) is 15.3 Å². The van der Waals surface area contributed by atoms with Gasteiger partial charge in [-0.1, -0.05) is 12.8 Å². The SMILES string of the molecule is Cc1nc(NC(C)C2CCCC2)nc(NC2CC(CO)C(O)C2O)c1-c1nc2c(C)nccc2s1. The summed E-state index contributed by atoms with van der Waals surface area (Å²) < 4.78 is 1.03. The molecular weight excluding hydrogens is 464 g/mol. The second kappa shape index (κ2) is 9.93. The Hall–Kier alpha value is -2.40. The number of pyridine rings is 1. The fourth-order valence-electron chi connectivity index (χ4n) is 5.49. The Bertz CT molecular complexity index is 1200. The summed E-state index contributed by atoms with van der Waals surface area (Å²) in [5.74, 6) is 1.33. The van der Waals surface area contributed by atoms with Crippen LogP contribution in [-0.4, -0.2) is 66.2 Å². The van der Waals surface area contributed by atoms with Gasteiger partial charge in [-0.15, -0.1) is 11.3 Å². The van der Waals surface area contributed by atoms with E-state index in [4.69, 9.17) is 15.0 Å². The highest BCUT2D eigenvalue weighted by Crippen LogP contribution is 2.39. The summed E-state index contributed by atoms with van der Waals surface area (Å²) in [6, 6.07) is 1.76. The predicted molar refractivity (Wildman–Crippen MR) is 138 cm³/mol. The van der Waals surface area contributed by atoms with E-state index in [0.717, 1.165) is 32.2 Å². The predicted octanol–water partition coefficient (Wildman–Crippen LogP) is 3.27. The molecule has 0 aliphatic heterocycles. The first-order valence-corrected chi connectivity index (χ1v) is 13.3. The van der Waals surface area contributed by atoms with Gasteiger partial charge in [0, 0.05) is 24.8 Å². The standard InChI is InChI=1S/C25H34N6O3S/c1-12(15-6-4-5-7-15)27-25-28-13(2)19(24-30-20-14(3)26-9-8-18(20)35-24)23(31-25)29-17-10-16(11-32)21(33)22(17)34/h8-9,12,15-17,21-22,32-34H,4-7,10-11H2,1-3H3,(H2,27,28,29,31). The number of aryl methyl sites for hydroxylation is 2. The van der Waals surface area contributed by atoms with Crippen LogP contribution in [0.4, 0.5) is 11.8 Å². The number of aromatic nitrogens is 4. The molecule has 10 heteroatoms. The number of nitrogens with one attached hydrogen (secondary N) is 2. The molecule has 0 bridgehead atoms. The van der Waals surface area contributed by atoms with E-state index in [1.165, 1.54) is 25.7 Å². The lowest BCUT2D eigenvalue weighted by molar-refractivity contribution is 0.00446. The van der Waals surface area contributed by atoms with E-state index in [1.54, 1.807) is 17.5 Å². The van der Waals surface area contributed by atoms with Gasteiger partial charge in [0.25, 0.3) is 0 Å². The van der Waals surface area contributed by atoms with Gasteiger partial charge in [0.1, 0.15) is 22.4 Å². The van der Waals surface area contributed by atoms with Crippen molar-refractivity contribution < 1.29 is 15.3 Å². The maximum Gasteiger partial charge on any atom is 0.225 e. The molecule has 0 aromatic carbocycles. The van der Waals surface area contributed by atoms with Gasteiger partial charge in [-0.2, -0.15) is 4.98 Å². The van der Waals surface area contributed by atoms with Gasteiger partial charge in [-0.3, -0.25) is 4.98 Å². The number of rotatable bonds is 7. The monoisotopic (exact) mass is 498 g/mol. The molecule has 0 amide bonds. The molecule has 35 heavy (non-hydrogen) atoms. The molecule has 2 fully saturated rings. The van der Waals surface area contributed by atoms with Crippen molar-refractivity contribution in [3.63, 3.8) is 0 Å². The second-order valence-corrected chi connectivity index (χ2v) is 11.0. The summed E-state index contributed by atoms with van der Waals surface area (Å²) in [4.78, 5) is 18.9. The zero-order valence-electron chi connectivity index (χ0n) is 20.4. The normalized spacial score (nSPS) is 25.9. The quantitative estimate of drug-likeness (QED) is 0.332. The van der Waals surface area contributed by atoms with Gasteiger partial charge < -0.3 is 26.0 Å². The number of aliphatic hydroxyl groups is 3. The summed E-state index contributed by atoms with van der Waals surface area (Å²) in [6.45, 7) is 5.89. The largest absolute Gasteiger partial charge is 0.396 e. The van der Waals surface area contributed by atoms with Crippen LogP contribution in [0.5, 0.6) is 0 Å². The number of hydrogen-bond donors (Lipinski definition) is 5. The van der Waals surface area contributed by atoms with E-state index >= 15 is 0 Å². The minimum absolute atomic E-state index is 0.179. The first-order chi connectivity index (χ1) is 16.9. The molecule has 5 rings (SSSR count). The highest BCUT2D eigenvalue weighted by atomic mass is 32.1. The van der Waals surface area contributed by atoms with Gasteiger partial charge in [-0.25, -0.2) is 9.97 Å². The molecule has 9 nitrogen and oxygen atoms in total. The molecule has 0 saturated heterocycles. The maximum absolute atomic E-state index is 10.7. The molecule has 3 heterocycles. The van der Waals surface area contributed by atoms with Crippen molar-refractivity contribution >= 4 is 33.3 Å². The number of aliphatic hydroxyl groups excluding tert-OH is 3. The lowest BCUT2D eigenvalue weighted by atomic mass is 10.0. The number of fused-ring (bicyclic) bond motifs is 1. The smallest absolute Gasteiger partial charge is 0.225 e. The van der Waals surface area contributed by atoms with Crippen LogP contribution >= 0.6 is 11.3 Å². The first-order valence-electron chi connectivity index (χ1n) is 12.5. The van der Waals surface area contributed by atoms with Crippen LogP contribution < -0.4 is 10.6 Å². The van der Waals surface area contributed by atoms with Crippen LogP contribution in [0.15, 0.2) is 12.3 Å². The van der Waals surface area contributed by atoms with Gasteiger partial charge >= 0.3 is 0 Å². The zero-order valence-corrected chi connectivity index (χ0v) is 21.2. The van der Waals surface area contributed by atoms with E-state index in [2.05, 4.69) is 22.5 Å². The summed E-state index contributed by atoms with van der Waals surface area (Å²) in [5, 5.41) is 38.3. The van der Waals surface area contributed by atoms with Gasteiger partial charge in [-0.05, 0) is 52.0 Å². The molecule has 5 unspecified atom stereocenters. The van der Waals surface area contributed by atoms with E-state index < -0.39 is 18.2 Å². The molecule has 2 aliphatic carbocycles. The summed E-state index contributed by atoms with van der Waals surface area (Å²) in [6.07, 6.45) is 5.18. The minimum atomic E-state index is -1.01. The molecule has 2 aliphatic rings. The lowest BCUT2D eigenvalue weighted by Crippen LogP contribution is -2.36. The molecule has 5 N–H and O–H groups in total. The minimum Gasteiger partial charge on any atom is -0.396 e. The molecule has 188 valence electrons. The van der Waals surface area contributed by atoms with Crippen LogP contribution in [-0.2, 0) is 0 Å². The van der Waals surface area contributed by atoms with Crippen molar-refractivity contribution in [3.8, 4) is 10.6 Å². The van der Waals surface area contributed by atoms with Crippen molar-refractivity contribution in [1.29, 1.82) is 0 Å². The van der Waals surface area contributed by atoms with Crippen molar-refractivity contribution in [2.45, 2.75) is 77.2 Å². The Kier molecular flexibility index (Phi) is 6.89. The van der Waals surface area contributed by atoms with E-state index in [0.29, 0.717) is 24.1 Å². The lowest BCUT2D eigenvalue weighted by Gasteiger charge is -2.23. The second-order valence-electron chi connectivity index (χ2n) is 10.0. The Morgan fingerprint density at radius 1 is 1.09 bits per heavy atom. The van der Waals surface area contributed by atoms with Crippen LogP contribution in [0, 0.1) is 25.7 Å². The van der Waals surface area contributed by atoms with Crippen LogP contribution in [0.1, 0.15) is 50.4 Å². The fourth-order valence-corrected chi connectivity index (χ4v) is 6.60. The zero-order chi connectivity index (χ0) is 24.7. The van der Waals surface area contributed by atoms with E-state index in [1.807, 2.05) is 19.9 Å². The topological polar surface area (TPSA) is 136 Å². The third-order valence-electron chi connectivity index (χ3n) is 7.62. The average molecular weight is 499 g/mol. The Labute approximate surface area is 209 Å². The van der Waals surface area contributed by atoms with Gasteiger partial charge in [0.2, 0.25) is 5.95 Å². The molecule has 0 spiro atoms. The molecular formula is C25H34N6O3S. The summed E-state index contributed by atoms with van der Waals surface area (Å²) >= 11 is 1.55. The Balaban J connectivity index is 1.53. The van der Waals surface area contributed by atoms with Crippen molar-refractivity contribution in [2.75, 3.05) is 17.2 Å². The summed E-state index contributed by atoms with van der Waals surface area (Å²) in [7, 11) is 0. The number of anilines is 2. The van der Waals surface area contributed by atoms with Crippen LogP contribution in [0.3, 0.4) is 0 Å². The highest BCUT2D eigenvalue weighted by Gasteiger charge is 2.41. The fraction of sp³-hybridized carbons (Fsp3) is 0.600. The average Bonchev–Trinajstić information content (AvgIpc) is 3.56. The summed E-state index contributed by atoms with van der Waals surface area (Å²) in [5.41, 5.74) is 3.27. The van der Waals surface area contributed by atoms with Crippen LogP contribution in [0.2, 0.25) is 0 Å². The molecule has 0 radical (unpaired) electrons. The molecule has 3 aromatic heterocycles. The Morgan fingerprint density at radius 2 is 1.86 bits per heavy atom. The number of hydrogen-bond acceptors (Lipinski definition) is 10. The third kappa shape index (κ3) is 4.72.